The number of para-hydroxylation sites is 1. The summed E-state index contributed by atoms with van der Waals surface area (Å²) >= 11 is 0. The van der Waals surface area contributed by atoms with Gasteiger partial charge in [-0.1, -0.05) is 78.0 Å². The van der Waals surface area contributed by atoms with Gasteiger partial charge in [-0.15, -0.1) is 0 Å². The number of nitrogens with one attached hydrogen (secondary N) is 1. The number of ether oxygens (including phenoxy) is 3. The van der Waals surface area contributed by atoms with E-state index in [1.165, 1.54) is 56.1 Å². The van der Waals surface area contributed by atoms with Crippen molar-refractivity contribution in [2.24, 2.45) is 11.8 Å². The number of benzene rings is 2. The lowest BCUT2D eigenvalue weighted by Gasteiger charge is -2.40. The molecule has 0 aliphatic heterocycles. The molecule has 0 unspecified atom stereocenters. The van der Waals surface area contributed by atoms with E-state index in [9.17, 15) is 4.79 Å². The first-order chi connectivity index (χ1) is 19.8. The largest absolute Gasteiger partial charge is 0.493 e. The van der Waals surface area contributed by atoms with Crippen molar-refractivity contribution < 1.29 is 19.0 Å². The lowest BCUT2D eigenvalue weighted by atomic mass is 9.72. The van der Waals surface area contributed by atoms with Gasteiger partial charge in [0.05, 0.1) is 21.3 Å². The van der Waals surface area contributed by atoms with Crippen molar-refractivity contribution in [3.8, 4) is 17.2 Å². The quantitative estimate of drug-likeness (QED) is 0.313. The molecule has 0 aromatic heterocycles. The predicted octanol–water partition coefficient (Wildman–Crippen LogP) is 9.13. The van der Waals surface area contributed by atoms with Crippen LogP contribution in [0.15, 0.2) is 30.3 Å². The molecule has 2 aliphatic carbocycles. The van der Waals surface area contributed by atoms with Crippen LogP contribution in [0.1, 0.15) is 114 Å². The number of amides is 2. The van der Waals surface area contributed by atoms with Gasteiger partial charge in [-0.05, 0) is 78.2 Å². The Morgan fingerprint density at radius 1 is 0.805 bits per heavy atom. The predicted molar refractivity (Wildman–Crippen MR) is 168 cm³/mol. The number of hydrogen-bond acceptors (Lipinski definition) is 4. The van der Waals surface area contributed by atoms with Crippen molar-refractivity contribution >= 4 is 11.7 Å². The van der Waals surface area contributed by atoms with Gasteiger partial charge in [0.2, 0.25) is 5.75 Å². The van der Waals surface area contributed by atoms with Crippen LogP contribution in [0.2, 0.25) is 0 Å². The molecule has 226 valence electrons. The zero-order valence-electron chi connectivity index (χ0n) is 26.4. The number of urea groups is 1. The molecular formula is C35H52N2O4. The number of carbonyl (C=O) groups excluding carboxylic acids is 1. The third kappa shape index (κ3) is 7.31. The van der Waals surface area contributed by atoms with Gasteiger partial charge < -0.3 is 24.4 Å². The summed E-state index contributed by atoms with van der Waals surface area (Å²) in [6.07, 6.45) is 11.4. The van der Waals surface area contributed by atoms with E-state index in [1.54, 1.807) is 21.3 Å². The number of carbonyl (C=O) groups is 1. The standard InChI is InChI=1S/C35H52N2O4/c1-23(2)29-14-11-15-30(24(3)4)33(29)36-35(38)37(22-25-20-31(39-5)34(41-7)32(21-25)40-6)28-18-16-27(17-19-28)26-12-9-8-10-13-26/h11,14-15,20-21,23-24,26-28H,8-10,12-13,16-19,22H2,1-7H3,(H,36,38). The summed E-state index contributed by atoms with van der Waals surface area (Å²) in [6.45, 7) is 9.23. The van der Waals surface area contributed by atoms with Crippen molar-refractivity contribution in [3.63, 3.8) is 0 Å². The highest BCUT2D eigenvalue weighted by atomic mass is 16.5. The number of methoxy groups -OCH3 is 3. The van der Waals surface area contributed by atoms with Gasteiger partial charge in [0.15, 0.2) is 11.5 Å². The first-order valence-electron chi connectivity index (χ1n) is 15.8. The Morgan fingerprint density at radius 3 is 1.83 bits per heavy atom. The molecule has 2 aromatic carbocycles. The third-order valence-electron chi connectivity index (χ3n) is 9.44. The van der Waals surface area contributed by atoms with E-state index in [2.05, 4.69) is 56.1 Å². The molecule has 2 fully saturated rings. The van der Waals surface area contributed by atoms with Crippen molar-refractivity contribution in [2.45, 2.75) is 110 Å². The maximum atomic E-state index is 14.3. The van der Waals surface area contributed by atoms with Gasteiger partial charge in [-0.3, -0.25) is 0 Å². The molecule has 2 saturated carbocycles. The Labute approximate surface area is 248 Å². The lowest BCUT2D eigenvalue weighted by Crippen LogP contribution is -2.45. The lowest BCUT2D eigenvalue weighted by molar-refractivity contribution is 0.120. The van der Waals surface area contributed by atoms with Crippen LogP contribution in [0.4, 0.5) is 10.5 Å². The summed E-state index contributed by atoms with van der Waals surface area (Å²) in [5.74, 6) is 4.05. The first-order valence-corrected chi connectivity index (χ1v) is 15.8. The van der Waals surface area contributed by atoms with Crippen LogP contribution < -0.4 is 19.5 Å². The molecule has 0 radical (unpaired) electrons. The molecule has 6 heteroatoms. The molecule has 0 heterocycles. The van der Waals surface area contributed by atoms with Crippen molar-refractivity contribution in [1.29, 1.82) is 0 Å². The SMILES string of the molecule is COc1cc(CN(C(=O)Nc2c(C(C)C)cccc2C(C)C)C2CCC(C3CCCCC3)CC2)cc(OC)c1OC. The number of hydrogen-bond donors (Lipinski definition) is 1. The topological polar surface area (TPSA) is 60.0 Å². The Morgan fingerprint density at radius 2 is 1.34 bits per heavy atom. The van der Waals surface area contributed by atoms with Crippen LogP contribution in [0.25, 0.3) is 0 Å². The van der Waals surface area contributed by atoms with Crippen LogP contribution in [-0.4, -0.2) is 38.3 Å². The monoisotopic (exact) mass is 564 g/mol. The summed E-state index contributed by atoms with van der Waals surface area (Å²) in [7, 11) is 4.88. The second-order valence-corrected chi connectivity index (χ2v) is 12.7. The first kappa shape index (κ1) is 31.1. The third-order valence-corrected chi connectivity index (χ3v) is 9.44. The average molecular weight is 565 g/mol. The molecule has 1 N–H and O–H groups in total. The molecule has 2 aliphatic rings. The van der Waals surface area contributed by atoms with Crippen molar-refractivity contribution in [1.82, 2.24) is 4.90 Å². The Balaban J connectivity index is 1.64. The molecule has 2 amide bonds. The summed E-state index contributed by atoms with van der Waals surface area (Å²) < 4.78 is 16.8. The second kappa shape index (κ2) is 14.3. The average Bonchev–Trinajstić information content (AvgIpc) is 2.99. The normalized spacial score (nSPS) is 19.7. The van der Waals surface area contributed by atoms with E-state index in [0.717, 1.165) is 35.9 Å². The summed E-state index contributed by atoms with van der Waals surface area (Å²) in [4.78, 5) is 16.4. The van der Waals surface area contributed by atoms with E-state index >= 15 is 0 Å². The smallest absolute Gasteiger partial charge is 0.322 e. The van der Waals surface area contributed by atoms with Crippen molar-refractivity contribution in [2.75, 3.05) is 26.6 Å². The van der Waals surface area contributed by atoms with E-state index in [4.69, 9.17) is 14.2 Å². The van der Waals surface area contributed by atoms with Crippen molar-refractivity contribution in [3.05, 3.63) is 47.0 Å². The molecule has 2 aromatic rings. The van der Waals surface area contributed by atoms with Crippen LogP contribution in [0.5, 0.6) is 17.2 Å². The van der Waals surface area contributed by atoms with Crippen LogP contribution in [0.3, 0.4) is 0 Å². The summed E-state index contributed by atoms with van der Waals surface area (Å²) in [5, 5.41) is 3.41. The summed E-state index contributed by atoms with van der Waals surface area (Å²) in [6, 6.07) is 10.5. The highest BCUT2D eigenvalue weighted by Gasteiger charge is 2.33. The van der Waals surface area contributed by atoms with Gasteiger partial charge in [0.25, 0.3) is 0 Å². The number of rotatable bonds is 10. The fourth-order valence-corrected chi connectivity index (χ4v) is 7.15. The Hall–Kier alpha value is -2.89. The Bertz CT molecular complexity index is 1100. The second-order valence-electron chi connectivity index (χ2n) is 12.7. The van der Waals surface area contributed by atoms with Crippen LogP contribution >= 0.6 is 0 Å². The highest BCUT2D eigenvalue weighted by Crippen LogP contribution is 2.42. The molecule has 0 bridgehead atoms. The maximum Gasteiger partial charge on any atom is 0.322 e. The minimum absolute atomic E-state index is 0.0325. The number of anilines is 1. The fraction of sp³-hybridized carbons (Fsp3) is 0.629. The molecule has 41 heavy (non-hydrogen) atoms. The van der Waals surface area contributed by atoms with Gasteiger partial charge >= 0.3 is 6.03 Å². The van der Waals surface area contributed by atoms with Crippen LogP contribution in [-0.2, 0) is 6.54 Å². The molecule has 0 saturated heterocycles. The van der Waals surface area contributed by atoms with E-state index < -0.39 is 0 Å². The molecule has 6 nitrogen and oxygen atoms in total. The molecular weight excluding hydrogens is 512 g/mol. The van der Waals surface area contributed by atoms with E-state index in [-0.39, 0.29) is 12.1 Å². The van der Waals surface area contributed by atoms with Gasteiger partial charge in [0, 0.05) is 18.3 Å². The van der Waals surface area contributed by atoms with Gasteiger partial charge in [0.1, 0.15) is 0 Å². The molecule has 0 spiro atoms. The van der Waals surface area contributed by atoms with Gasteiger partial charge in [-0.2, -0.15) is 0 Å². The molecule has 4 rings (SSSR count). The fourth-order valence-electron chi connectivity index (χ4n) is 7.15. The maximum absolute atomic E-state index is 14.3. The minimum Gasteiger partial charge on any atom is -0.493 e. The highest BCUT2D eigenvalue weighted by molar-refractivity contribution is 5.91. The summed E-state index contributed by atoms with van der Waals surface area (Å²) in [5.41, 5.74) is 4.29. The van der Waals surface area contributed by atoms with Gasteiger partial charge in [-0.25, -0.2) is 4.79 Å². The molecule has 0 atom stereocenters. The zero-order valence-corrected chi connectivity index (χ0v) is 26.4. The van der Waals surface area contributed by atoms with E-state index in [0.29, 0.717) is 35.6 Å². The number of nitrogens with zero attached hydrogens (tertiary/aromatic N) is 1. The van der Waals surface area contributed by atoms with E-state index in [1.807, 2.05) is 12.1 Å². The zero-order chi connectivity index (χ0) is 29.5. The Kier molecular flexibility index (Phi) is 10.9. The minimum atomic E-state index is -0.0325. The van der Waals surface area contributed by atoms with Crippen LogP contribution in [0, 0.1) is 11.8 Å².